The molecule has 0 atom stereocenters. The molecule has 0 fully saturated rings. The number of nitrogens with two attached hydrogens (primary N) is 1. The molecule has 1 aromatic heterocycles. The van der Waals surface area contributed by atoms with Gasteiger partial charge in [-0.1, -0.05) is 5.16 Å². The van der Waals surface area contributed by atoms with E-state index < -0.39 is 21.7 Å². The molecule has 0 bridgehead atoms. The second-order valence-electron chi connectivity index (χ2n) is 6.26. The number of aromatic nitrogens is 2. The van der Waals surface area contributed by atoms with Gasteiger partial charge in [-0.05, 0) is 45.0 Å². The molecule has 0 saturated carbocycles. The van der Waals surface area contributed by atoms with Crippen LogP contribution in [0.4, 0.5) is 4.79 Å². The van der Waals surface area contributed by atoms with Crippen molar-refractivity contribution in [2.45, 2.75) is 37.7 Å². The molecule has 3 N–H and O–H groups in total. The minimum absolute atomic E-state index is 0.00142. The van der Waals surface area contributed by atoms with Crippen LogP contribution in [0, 0.1) is 0 Å². The van der Waals surface area contributed by atoms with Gasteiger partial charge >= 0.3 is 6.09 Å². The average Bonchev–Trinajstić information content (AvgIpc) is 2.93. The van der Waals surface area contributed by atoms with Gasteiger partial charge in [-0.2, -0.15) is 4.98 Å². The number of alkyl carbamates (subject to hydrolysis) is 1. The highest BCUT2D eigenvalue weighted by molar-refractivity contribution is 7.89. The van der Waals surface area contributed by atoms with Crippen LogP contribution in [0.1, 0.15) is 26.7 Å². The fourth-order valence-corrected chi connectivity index (χ4v) is 2.37. The van der Waals surface area contributed by atoms with E-state index >= 15 is 0 Å². The third-order valence-electron chi connectivity index (χ3n) is 2.92. The molecule has 0 aliphatic carbocycles. The number of carbonyl (C=O) groups excluding carboxylic acids is 1. The summed E-state index contributed by atoms with van der Waals surface area (Å²) in [6.07, 6.45) is -0.188. The number of ether oxygens (including phenoxy) is 1. The third-order valence-corrected chi connectivity index (χ3v) is 3.85. The molecule has 1 amide bonds. The topological polar surface area (TPSA) is 137 Å². The van der Waals surface area contributed by atoms with Gasteiger partial charge < -0.3 is 14.6 Å². The molecule has 0 unspecified atom stereocenters. The lowest BCUT2D eigenvalue weighted by atomic mass is 10.2. The van der Waals surface area contributed by atoms with Crippen LogP contribution < -0.4 is 10.5 Å². The quantitative estimate of drug-likeness (QED) is 0.814. The van der Waals surface area contributed by atoms with E-state index in [2.05, 4.69) is 15.5 Å². The second kappa shape index (κ2) is 7.19. The number of nitrogens with one attached hydrogen (secondary N) is 1. The van der Waals surface area contributed by atoms with E-state index in [4.69, 9.17) is 14.4 Å². The zero-order valence-electron chi connectivity index (χ0n) is 14.1. The number of nitrogens with zero attached hydrogens (tertiary/aromatic N) is 2. The molecule has 0 aliphatic heterocycles. The van der Waals surface area contributed by atoms with E-state index in [0.717, 1.165) is 0 Å². The molecule has 1 aromatic carbocycles. The number of hydrogen-bond donors (Lipinski definition) is 2. The number of hydrogen-bond acceptors (Lipinski definition) is 7. The van der Waals surface area contributed by atoms with Crippen LogP contribution in [0.15, 0.2) is 33.7 Å². The maximum absolute atomic E-state index is 11.5. The predicted molar refractivity (Wildman–Crippen MR) is 89.0 cm³/mol. The fourth-order valence-electron chi connectivity index (χ4n) is 1.85. The zero-order chi connectivity index (χ0) is 18.7. The van der Waals surface area contributed by atoms with E-state index in [1.54, 1.807) is 20.8 Å². The number of amides is 1. The molecule has 25 heavy (non-hydrogen) atoms. The van der Waals surface area contributed by atoms with Crippen LogP contribution in [0.3, 0.4) is 0 Å². The first-order valence-corrected chi connectivity index (χ1v) is 9.02. The van der Waals surface area contributed by atoms with E-state index in [1.165, 1.54) is 24.3 Å². The van der Waals surface area contributed by atoms with Crippen LogP contribution in [-0.4, -0.2) is 36.8 Å². The lowest BCUT2D eigenvalue weighted by molar-refractivity contribution is 0.0527. The van der Waals surface area contributed by atoms with E-state index in [-0.39, 0.29) is 11.4 Å². The summed E-state index contributed by atoms with van der Waals surface area (Å²) in [4.78, 5) is 15.7. The van der Waals surface area contributed by atoms with Crippen molar-refractivity contribution < 1.29 is 22.5 Å². The molecule has 0 spiro atoms. The summed E-state index contributed by atoms with van der Waals surface area (Å²) in [5.74, 6) is 0.648. The highest BCUT2D eigenvalue weighted by Crippen LogP contribution is 2.18. The Bertz CT molecular complexity index is 838. The van der Waals surface area contributed by atoms with E-state index in [1.807, 2.05) is 0 Å². The second-order valence-corrected chi connectivity index (χ2v) is 7.82. The van der Waals surface area contributed by atoms with Gasteiger partial charge in [0, 0.05) is 18.5 Å². The van der Waals surface area contributed by atoms with Crippen molar-refractivity contribution in [1.29, 1.82) is 0 Å². The Kier molecular flexibility index (Phi) is 5.43. The number of sulfonamides is 1. The summed E-state index contributed by atoms with van der Waals surface area (Å²) >= 11 is 0. The normalized spacial score (nSPS) is 12.0. The van der Waals surface area contributed by atoms with Gasteiger partial charge in [0.25, 0.3) is 0 Å². The summed E-state index contributed by atoms with van der Waals surface area (Å²) in [6, 6.07) is 5.80. The highest BCUT2D eigenvalue weighted by Gasteiger charge is 2.16. The molecule has 1 heterocycles. The molecule has 2 rings (SSSR count). The number of primary sulfonamides is 1. The lowest BCUT2D eigenvalue weighted by Crippen LogP contribution is -2.33. The van der Waals surface area contributed by atoms with Crippen LogP contribution in [0.5, 0.6) is 0 Å². The molecule has 0 radical (unpaired) electrons. The Hall–Kier alpha value is -2.46. The molecule has 10 heteroatoms. The molecule has 9 nitrogen and oxygen atoms in total. The largest absolute Gasteiger partial charge is 0.444 e. The molecule has 136 valence electrons. The fraction of sp³-hybridized carbons (Fsp3) is 0.400. The molecular formula is C15H20N4O5S. The molecule has 0 saturated heterocycles. The first-order valence-electron chi connectivity index (χ1n) is 7.47. The number of carbonyl (C=O) groups is 1. The van der Waals surface area contributed by atoms with Gasteiger partial charge in [0.2, 0.25) is 21.7 Å². The molecule has 0 aliphatic rings. The van der Waals surface area contributed by atoms with Gasteiger partial charge in [-0.15, -0.1) is 0 Å². The smallest absolute Gasteiger partial charge is 0.407 e. The van der Waals surface area contributed by atoms with Gasteiger partial charge in [-0.25, -0.2) is 18.4 Å². The summed E-state index contributed by atoms with van der Waals surface area (Å²) in [5.41, 5.74) is 0.0211. The van der Waals surface area contributed by atoms with Crippen molar-refractivity contribution in [3.63, 3.8) is 0 Å². The van der Waals surface area contributed by atoms with Crippen LogP contribution in [0.2, 0.25) is 0 Å². The van der Waals surface area contributed by atoms with Crippen LogP contribution in [-0.2, 0) is 21.2 Å². The average molecular weight is 368 g/mol. The van der Waals surface area contributed by atoms with Gasteiger partial charge in [0.15, 0.2) is 0 Å². The van der Waals surface area contributed by atoms with E-state index in [9.17, 15) is 13.2 Å². The van der Waals surface area contributed by atoms with Crippen molar-refractivity contribution in [1.82, 2.24) is 15.5 Å². The summed E-state index contributed by atoms with van der Waals surface area (Å²) in [6.45, 7) is 5.61. The van der Waals surface area contributed by atoms with Gasteiger partial charge in [0.1, 0.15) is 5.60 Å². The Morgan fingerprint density at radius 1 is 1.28 bits per heavy atom. The Morgan fingerprint density at radius 3 is 2.48 bits per heavy atom. The third kappa shape index (κ3) is 5.84. The van der Waals surface area contributed by atoms with Crippen molar-refractivity contribution in [2.75, 3.05) is 6.54 Å². The first kappa shape index (κ1) is 18.9. The van der Waals surface area contributed by atoms with Crippen LogP contribution >= 0.6 is 0 Å². The minimum Gasteiger partial charge on any atom is -0.444 e. The lowest BCUT2D eigenvalue weighted by Gasteiger charge is -2.19. The summed E-state index contributed by atoms with van der Waals surface area (Å²) < 4.78 is 32.7. The zero-order valence-corrected chi connectivity index (χ0v) is 15.0. The highest BCUT2D eigenvalue weighted by atomic mass is 32.2. The monoisotopic (exact) mass is 368 g/mol. The number of benzene rings is 1. The van der Waals surface area contributed by atoms with Crippen molar-refractivity contribution in [2.24, 2.45) is 5.14 Å². The van der Waals surface area contributed by atoms with E-state index in [0.29, 0.717) is 23.7 Å². The minimum atomic E-state index is -3.75. The first-order chi connectivity index (χ1) is 11.5. The summed E-state index contributed by atoms with van der Waals surface area (Å²) in [5, 5.41) is 11.5. The Labute approximate surface area is 145 Å². The van der Waals surface area contributed by atoms with Gasteiger partial charge in [0.05, 0.1) is 4.90 Å². The van der Waals surface area contributed by atoms with Crippen LogP contribution in [0.25, 0.3) is 11.4 Å². The summed E-state index contributed by atoms with van der Waals surface area (Å²) in [7, 11) is -3.75. The Morgan fingerprint density at radius 2 is 1.92 bits per heavy atom. The molecular weight excluding hydrogens is 348 g/mol. The van der Waals surface area contributed by atoms with Gasteiger partial charge in [-0.3, -0.25) is 0 Å². The SMILES string of the molecule is CC(C)(C)OC(=O)NCCc1nc(-c2ccc(S(N)(=O)=O)cc2)no1. The Balaban J connectivity index is 1.93. The number of rotatable bonds is 5. The molecule has 2 aromatic rings. The predicted octanol–water partition coefficient (Wildman–Crippen LogP) is 1.45. The van der Waals surface area contributed by atoms with Crippen molar-refractivity contribution in [3.8, 4) is 11.4 Å². The van der Waals surface area contributed by atoms with Crippen molar-refractivity contribution in [3.05, 3.63) is 30.2 Å². The van der Waals surface area contributed by atoms with Crippen molar-refractivity contribution >= 4 is 16.1 Å². The maximum atomic E-state index is 11.5. The maximum Gasteiger partial charge on any atom is 0.407 e. The standard InChI is InChI=1S/C15H20N4O5S/c1-15(2,3)23-14(20)17-9-8-12-18-13(19-24-12)10-4-6-11(7-5-10)25(16,21)22/h4-7H,8-9H2,1-3H3,(H,17,20)(H2,16,21,22).